The van der Waals surface area contributed by atoms with Gasteiger partial charge in [-0.15, -0.1) is 0 Å². The third-order valence-electron chi connectivity index (χ3n) is 6.69. The maximum atomic E-state index is 15.5. The number of piperidine rings is 1. The molecule has 1 aromatic carbocycles. The highest BCUT2D eigenvalue weighted by atomic mass is 19.1. The zero-order chi connectivity index (χ0) is 24.6. The Morgan fingerprint density at radius 2 is 1.94 bits per heavy atom. The highest BCUT2D eigenvalue weighted by Gasteiger charge is 2.43. The quantitative estimate of drug-likeness (QED) is 0.488. The van der Waals surface area contributed by atoms with Gasteiger partial charge < -0.3 is 5.11 Å². The van der Waals surface area contributed by atoms with Gasteiger partial charge in [0.05, 0.1) is 6.04 Å². The lowest BCUT2D eigenvalue weighted by atomic mass is 9.82. The minimum Gasteiger partial charge on any atom is -0.478 e. The zero-order valence-corrected chi connectivity index (χ0v) is 19.7. The monoisotopic (exact) mass is 469 g/mol. The maximum absolute atomic E-state index is 15.5. The Morgan fingerprint density at radius 3 is 2.59 bits per heavy atom. The molecule has 1 fully saturated rings. The van der Waals surface area contributed by atoms with Crippen LogP contribution in [0, 0.1) is 17.6 Å². The topological polar surface area (TPSA) is 40.5 Å². The minimum absolute atomic E-state index is 0.0282. The van der Waals surface area contributed by atoms with Crippen LogP contribution in [0.5, 0.6) is 0 Å². The lowest BCUT2D eigenvalue weighted by Crippen LogP contribution is -2.47. The largest absolute Gasteiger partial charge is 0.478 e. The number of rotatable bonds is 5. The van der Waals surface area contributed by atoms with Crippen molar-refractivity contribution in [1.82, 2.24) is 4.90 Å². The number of carboxylic acids is 1. The Balaban J connectivity index is 1.86. The molecule has 0 bridgehead atoms. The van der Waals surface area contributed by atoms with Gasteiger partial charge in [0.2, 0.25) is 0 Å². The molecule has 3 atom stereocenters. The maximum Gasteiger partial charge on any atom is 0.328 e. The van der Waals surface area contributed by atoms with Crippen LogP contribution in [0.15, 0.2) is 65.3 Å². The number of fused-ring (bicyclic) bond motifs is 2. The smallest absolute Gasteiger partial charge is 0.328 e. The van der Waals surface area contributed by atoms with Gasteiger partial charge in [-0.25, -0.2) is 18.0 Å². The summed E-state index contributed by atoms with van der Waals surface area (Å²) in [6, 6.07) is 1.39. The number of likely N-dealkylation sites (tertiary alicyclic amines) is 1. The number of carbonyl (C=O) groups is 1. The molecule has 6 heteroatoms. The fraction of sp³-hybridized carbons (Fsp3) is 0.393. The molecule has 4 rings (SSSR count). The van der Waals surface area contributed by atoms with Crippen molar-refractivity contribution in [3.8, 4) is 0 Å². The summed E-state index contributed by atoms with van der Waals surface area (Å²) in [6.45, 7) is 4.95. The first kappa shape index (κ1) is 24.3. The number of allylic oxidation sites excluding steroid dienone is 6. The van der Waals surface area contributed by atoms with E-state index in [-0.39, 0.29) is 29.6 Å². The molecule has 0 saturated carbocycles. The van der Waals surface area contributed by atoms with Crippen molar-refractivity contribution in [2.45, 2.75) is 57.8 Å². The average molecular weight is 470 g/mol. The molecular formula is C28H30F3NO2. The number of carboxylic acid groups (broad SMARTS) is 1. The van der Waals surface area contributed by atoms with E-state index < -0.39 is 29.3 Å². The molecule has 1 heterocycles. The van der Waals surface area contributed by atoms with Crippen LogP contribution in [0.4, 0.5) is 13.2 Å². The molecule has 3 nitrogen and oxygen atoms in total. The summed E-state index contributed by atoms with van der Waals surface area (Å²) in [5, 5.41) is 8.85. The van der Waals surface area contributed by atoms with E-state index in [9.17, 15) is 9.18 Å². The van der Waals surface area contributed by atoms with E-state index in [1.807, 2.05) is 24.0 Å². The molecule has 1 aromatic rings. The first-order valence-corrected chi connectivity index (χ1v) is 11.7. The molecule has 180 valence electrons. The number of hydrogen-bond donors (Lipinski definition) is 1. The molecule has 0 radical (unpaired) electrons. The van der Waals surface area contributed by atoms with Crippen LogP contribution >= 0.6 is 0 Å². The summed E-state index contributed by atoms with van der Waals surface area (Å²) in [4.78, 5) is 12.7. The molecule has 3 unspecified atom stereocenters. The van der Waals surface area contributed by atoms with Crippen molar-refractivity contribution in [3.05, 3.63) is 88.1 Å². The molecule has 2 aliphatic carbocycles. The van der Waals surface area contributed by atoms with E-state index in [1.54, 1.807) is 0 Å². The molecule has 0 spiro atoms. The van der Waals surface area contributed by atoms with Gasteiger partial charge in [-0.3, -0.25) is 4.90 Å². The normalized spacial score (nSPS) is 25.2. The van der Waals surface area contributed by atoms with Crippen LogP contribution in [0.25, 0.3) is 6.08 Å². The van der Waals surface area contributed by atoms with E-state index >= 15 is 8.78 Å². The Hall–Kier alpha value is -2.86. The van der Waals surface area contributed by atoms with Gasteiger partial charge in [-0.05, 0) is 80.5 Å². The molecule has 34 heavy (non-hydrogen) atoms. The van der Waals surface area contributed by atoms with Crippen LogP contribution in [0.1, 0.15) is 57.2 Å². The SMILES string of the molecule is CC1CC2=C3C=CC=CCCC3C=C2C(c2c(F)cc(/C=C/C(=O)O)cc2F)N1CC(C)(C)F. The Bertz CT molecular complexity index is 1110. The number of alkyl halides is 1. The first-order valence-electron chi connectivity index (χ1n) is 11.7. The van der Waals surface area contributed by atoms with Gasteiger partial charge in [-0.1, -0.05) is 30.4 Å². The van der Waals surface area contributed by atoms with Crippen LogP contribution < -0.4 is 0 Å². The molecule has 0 aromatic heterocycles. The fourth-order valence-electron chi connectivity index (χ4n) is 5.34. The number of hydrogen-bond acceptors (Lipinski definition) is 2. The lowest BCUT2D eigenvalue weighted by molar-refractivity contribution is -0.131. The van der Waals surface area contributed by atoms with Gasteiger partial charge >= 0.3 is 5.97 Å². The molecule has 1 saturated heterocycles. The van der Waals surface area contributed by atoms with Crippen LogP contribution in [0.2, 0.25) is 0 Å². The van der Waals surface area contributed by atoms with Crippen LogP contribution in [0.3, 0.4) is 0 Å². The van der Waals surface area contributed by atoms with E-state index in [1.165, 1.54) is 19.4 Å². The summed E-state index contributed by atoms with van der Waals surface area (Å²) in [7, 11) is 0. The number of benzene rings is 1. The fourth-order valence-corrected chi connectivity index (χ4v) is 5.34. The molecule has 1 aliphatic heterocycles. The lowest BCUT2D eigenvalue weighted by Gasteiger charge is -2.45. The van der Waals surface area contributed by atoms with Gasteiger partial charge in [0.25, 0.3) is 0 Å². The van der Waals surface area contributed by atoms with Crippen LogP contribution in [-0.2, 0) is 4.79 Å². The average Bonchev–Trinajstić information content (AvgIpc) is 3.02. The molecular weight excluding hydrogens is 439 g/mol. The first-order chi connectivity index (χ1) is 16.0. The highest BCUT2D eigenvalue weighted by molar-refractivity contribution is 5.85. The Morgan fingerprint density at radius 1 is 1.24 bits per heavy atom. The summed E-state index contributed by atoms with van der Waals surface area (Å²) < 4.78 is 45.9. The van der Waals surface area contributed by atoms with Gasteiger partial charge in [0.15, 0.2) is 0 Å². The third-order valence-corrected chi connectivity index (χ3v) is 6.69. The van der Waals surface area contributed by atoms with E-state index in [0.29, 0.717) is 6.42 Å². The van der Waals surface area contributed by atoms with Gasteiger partial charge in [-0.2, -0.15) is 0 Å². The summed E-state index contributed by atoms with van der Waals surface area (Å²) in [5.41, 5.74) is 1.56. The van der Waals surface area contributed by atoms with E-state index in [4.69, 9.17) is 5.11 Å². The third kappa shape index (κ3) is 4.97. The summed E-state index contributed by atoms with van der Waals surface area (Å²) >= 11 is 0. The second-order valence-corrected chi connectivity index (χ2v) is 9.94. The van der Waals surface area contributed by atoms with Crippen LogP contribution in [-0.4, -0.2) is 34.2 Å². The Labute approximate surface area is 198 Å². The van der Waals surface area contributed by atoms with E-state index in [0.717, 1.165) is 48.3 Å². The van der Waals surface area contributed by atoms with E-state index in [2.05, 4.69) is 18.2 Å². The second kappa shape index (κ2) is 9.41. The highest BCUT2D eigenvalue weighted by Crippen LogP contribution is 2.51. The zero-order valence-electron chi connectivity index (χ0n) is 19.7. The number of aliphatic carboxylic acids is 1. The summed E-state index contributed by atoms with van der Waals surface area (Å²) in [6.07, 6.45) is 14.8. The predicted octanol–water partition coefficient (Wildman–Crippen LogP) is 6.71. The number of halogens is 3. The molecule has 3 aliphatic rings. The minimum atomic E-state index is -1.56. The van der Waals surface area contributed by atoms with Crippen molar-refractivity contribution in [1.29, 1.82) is 0 Å². The van der Waals surface area contributed by atoms with Crippen molar-refractivity contribution in [2.24, 2.45) is 5.92 Å². The molecule has 1 N–H and O–H groups in total. The standard InChI is InChI=1S/C28H30F3NO2/c1-17-12-21-20-9-7-5-4-6-8-19(20)15-22(21)27(32(17)16-28(2,3)31)26-23(29)13-18(14-24(26)30)10-11-25(33)34/h4-5,7,9-11,13-15,17,19,27H,6,8,12,16H2,1-3H3,(H,33,34)/b5-4?,9-7?,11-10+. The van der Waals surface area contributed by atoms with Gasteiger partial charge in [0, 0.05) is 30.1 Å². The van der Waals surface area contributed by atoms with Crippen molar-refractivity contribution in [2.75, 3.05) is 6.54 Å². The molecule has 0 amide bonds. The second-order valence-electron chi connectivity index (χ2n) is 9.94. The van der Waals surface area contributed by atoms with Crippen molar-refractivity contribution in [3.63, 3.8) is 0 Å². The summed E-state index contributed by atoms with van der Waals surface area (Å²) in [5.74, 6) is -2.58. The van der Waals surface area contributed by atoms with Crippen molar-refractivity contribution < 1.29 is 23.1 Å². The van der Waals surface area contributed by atoms with Gasteiger partial charge in [0.1, 0.15) is 17.3 Å². The number of nitrogens with zero attached hydrogens (tertiary/aromatic N) is 1. The Kier molecular flexibility index (Phi) is 6.72. The predicted molar refractivity (Wildman–Crippen MR) is 128 cm³/mol. The van der Waals surface area contributed by atoms with Crippen molar-refractivity contribution >= 4 is 12.0 Å².